The Balaban J connectivity index is 1.65. The van der Waals surface area contributed by atoms with E-state index in [-0.39, 0.29) is 12.6 Å². The molecule has 1 fully saturated rings. The van der Waals surface area contributed by atoms with Gasteiger partial charge in [0.1, 0.15) is 11.9 Å². The molecule has 0 saturated heterocycles. The van der Waals surface area contributed by atoms with Crippen LogP contribution in [0, 0.1) is 0 Å². The van der Waals surface area contributed by atoms with Crippen LogP contribution in [0.3, 0.4) is 0 Å². The summed E-state index contributed by atoms with van der Waals surface area (Å²) in [5.41, 5.74) is 0. The molecule has 1 atom stereocenters. The molecule has 0 aliphatic heterocycles. The molecule has 2 amide bonds. The minimum absolute atomic E-state index is 0.164. The van der Waals surface area contributed by atoms with Crippen LogP contribution in [0.15, 0.2) is 22.8 Å². The lowest BCUT2D eigenvalue weighted by Crippen LogP contribution is -2.41. The minimum atomic E-state index is -0.771. The van der Waals surface area contributed by atoms with Gasteiger partial charge in [0.25, 0.3) is 0 Å². The van der Waals surface area contributed by atoms with E-state index in [1.54, 1.807) is 12.1 Å². The maximum atomic E-state index is 11.3. The Hall–Kier alpha value is -1.82. The third-order valence-corrected chi connectivity index (χ3v) is 2.69. The molecule has 1 unspecified atom stereocenters. The second kappa shape index (κ2) is 5.68. The maximum Gasteiger partial charge on any atom is 0.309 e. The van der Waals surface area contributed by atoms with Crippen molar-refractivity contribution in [3.63, 3.8) is 0 Å². The summed E-state index contributed by atoms with van der Waals surface area (Å²) in [6, 6.07) is 3.50. The summed E-state index contributed by atoms with van der Waals surface area (Å²) in [5.74, 6) is -0.815. The Morgan fingerprint density at radius 3 is 2.83 bits per heavy atom. The van der Waals surface area contributed by atoms with E-state index in [0.717, 1.165) is 12.8 Å². The molecule has 98 valence electrons. The van der Waals surface area contributed by atoms with Crippen LogP contribution in [0.25, 0.3) is 0 Å². The maximum absolute atomic E-state index is 11.3. The van der Waals surface area contributed by atoms with E-state index in [0.29, 0.717) is 12.2 Å². The first kappa shape index (κ1) is 12.6. The molecular weight excluding hydrogens is 236 g/mol. The summed E-state index contributed by atoms with van der Waals surface area (Å²) < 4.78 is 5.02. The quantitative estimate of drug-likeness (QED) is 0.648. The van der Waals surface area contributed by atoms with Crippen molar-refractivity contribution in [2.75, 3.05) is 6.54 Å². The largest absolute Gasteiger partial charge is 0.467 e. The Bertz CT molecular complexity index is 412. The number of hydrogen-bond acceptors (Lipinski definition) is 4. The normalized spacial score (nSPS) is 16.1. The average molecular weight is 252 g/mol. The highest BCUT2D eigenvalue weighted by Gasteiger charge is 2.26. The molecule has 1 heterocycles. The van der Waals surface area contributed by atoms with E-state index in [1.807, 2.05) is 0 Å². The van der Waals surface area contributed by atoms with Crippen molar-refractivity contribution < 1.29 is 19.1 Å². The first-order chi connectivity index (χ1) is 8.66. The number of furan rings is 1. The Kier molecular flexibility index (Phi) is 3.99. The number of hydrogen-bond donors (Lipinski definition) is 3. The molecule has 1 saturated carbocycles. The number of aliphatic hydroxyl groups excluding tert-OH is 1. The van der Waals surface area contributed by atoms with Gasteiger partial charge in [0.15, 0.2) is 0 Å². The third kappa shape index (κ3) is 3.59. The molecule has 6 heteroatoms. The van der Waals surface area contributed by atoms with E-state index in [9.17, 15) is 14.7 Å². The number of aliphatic hydroxyl groups is 1. The van der Waals surface area contributed by atoms with Gasteiger partial charge in [-0.15, -0.1) is 0 Å². The molecule has 6 nitrogen and oxygen atoms in total. The molecule has 3 N–H and O–H groups in total. The van der Waals surface area contributed by atoms with Gasteiger partial charge < -0.3 is 20.2 Å². The number of nitrogens with one attached hydrogen (secondary N) is 2. The number of rotatable bonds is 5. The van der Waals surface area contributed by atoms with Crippen LogP contribution in [0.1, 0.15) is 31.1 Å². The number of carbonyl (C=O) groups is 2. The fourth-order valence-electron chi connectivity index (χ4n) is 1.50. The van der Waals surface area contributed by atoms with Crippen LogP contribution >= 0.6 is 0 Å². The smallest absolute Gasteiger partial charge is 0.309 e. The molecule has 0 radical (unpaired) electrons. The molecule has 1 aliphatic rings. The lowest BCUT2D eigenvalue weighted by molar-refractivity contribution is -0.139. The highest BCUT2D eigenvalue weighted by atomic mass is 16.4. The highest BCUT2D eigenvalue weighted by Crippen LogP contribution is 2.18. The van der Waals surface area contributed by atoms with E-state index < -0.39 is 17.9 Å². The van der Waals surface area contributed by atoms with Gasteiger partial charge in [-0.25, -0.2) is 0 Å². The monoisotopic (exact) mass is 252 g/mol. The van der Waals surface area contributed by atoms with Gasteiger partial charge in [-0.3, -0.25) is 9.59 Å². The van der Waals surface area contributed by atoms with Crippen molar-refractivity contribution in [2.24, 2.45) is 0 Å². The van der Waals surface area contributed by atoms with Crippen LogP contribution < -0.4 is 10.6 Å². The Morgan fingerprint density at radius 1 is 1.44 bits per heavy atom. The van der Waals surface area contributed by atoms with E-state index in [1.165, 1.54) is 6.26 Å². The first-order valence-electron chi connectivity index (χ1n) is 5.97. The van der Waals surface area contributed by atoms with Gasteiger partial charge in [0.2, 0.25) is 0 Å². The SMILES string of the molecule is O=C(NCCC(O)c1ccco1)C(=O)NC1CC1. The summed E-state index contributed by atoms with van der Waals surface area (Å²) in [5, 5.41) is 14.7. The highest BCUT2D eigenvalue weighted by molar-refractivity contribution is 6.35. The zero-order valence-electron chi connectivity index (χ0n) is 9.89. The van der Waals surface area contributed by atoms with Crippen LogP contribution in [-0.2, 0) is 9.59 Å². The third-order valence-electron chi connectivity index (χ3n) is 2.69. The van der Waals surface area contributed by atoms with E-state index in [2.05, 4.69) is 10.6 Å². The predicted molar refractivity (Wildman–Crippen MR) is 62.5 cm³/mol. The molecule has 1 aromatic heterocycles. The fourth-order valence-corrected chi connectivity index (χ4v) is 1.50. The Labute approximate surface area is 104 Å². The second-order valence-corrected chi connectivity index (χ2v) is 4.32. The molecule has 1 aromatic rings. The number of carbonyl (C=O) groups excluding carboxylic acids is 2. The molecule has 0 spiro atoms. The van der Waals surface area contributed by atoms with Crippen LogP contribution in [0.4, 0.5) is 0 Å². The first-order valence-corrected chi connectivity index (χ1v) is 5.97. The Morgan fingerprint density at radius 2 is 2.22 bits per heavy atom. The molecule has 0 aromatic carbocycles. The van der Waals surface area contributed by atoms with Crippen molar-refractivity contribution in [3.8, 4) is 0 Å². The van der Waals surface area contributed by atoms with Gasteiger partial charge in [0, 0.05) is 12.6 Å². The van der Waals surface area contributed by atoms with Gasteiger partial charge in [-0.1, -0.05) is 0 Å². The summed E-state index contributed by atoms with van der Waals surface area (Å²) in [4.78, 5) is 22.6. The lowest BCUT2D eigenvalue weighted by Gasteiger charge is -2.08. The zero-order chi connectivity index (χ0) is 13.0. The standard InChI is InChI=1S/C12H16N2O4/c15-9(10-2-1-7-18-10)5-6-13-11(16)12(17)14-8-3-4-8/h1-2,7-9,15H,3-6H2,(H,13,16)(H,14,17). The van der Waals surface area contributed by atoms with Gasteiger partial charge >= 0.3 is 11.8 Å². The van der Waals surface area contributed by atoms with Crippen molar-refractivity contribution in [2.45, 2.75) is 31.4 Å². The summed E-state index contributed by atoms with van der Waals surface area (Å²) in [6.45, 7) is 0.221. The molecular formula is C12H16N2O4. The second-order valence-electron chi connectivity index (χ2n) is 4.32. The van der Waals surface area contributed by atoms with Crippen molar-refractivity contribution in [3.05, 3.63) is 24.2 Å². The molecule has 1 aliphatic carbocycles. The fraction of sp³-hybridized carbons (Fsp3) is 0.500. The summed E-state index contributed by atoms with van der Waals surface area (Å²) in [7, 11) is 0. The van der Waals surface area contributed by atoms with Crippen LogP contribution in [0.5, 0.6) is 0 Å². The van der Waals surface area contributed by atoms with Crippen molar-refractivity contribution >= 4 is 11.8 Å². The van der Waals surface area contributed by atoms with E-state index >= 15 is 0 Å². The summed E-state index contributed by atoms with van der Waals surface area (Å²) in [6.07, 6.45) is 2.88. The van der Waals surface area contributed by atoms with Crippen molar-refractivity contribution in [1.82, 2.24) is 10.6 Å². The average Bonchev–Trinajstić information content (AvgIpc) is 2.98. The van der Waals surface area contributed by atoms with E-state index in [4.69, 9.17) is 4.42 Å². The summed E-state index contributed by atoms with van der Waals surface area (Å²) >= 11 is 0. The van der Waals surface area contributed by atoms with Crippen molar-refractivity contribution in [1.29, 1.82) is 0 Å². The van der Waals surface area contributed by atoms with Crippen LogP contribution in [-0.4, -0.2) is 29.5 Å². The molecule has 2 rings (SSSR count). The van der Waals surface area contributed by atoms with Crippen LogP contribution in [0.2, 0.25) is 0 Å². The number of amides is 2. The minimum Gasteiger partial charge on any atom is -0.467 e. The topological polar surface area (TPSA) is 91.6 Å². The van der Waals surface area contributed by atoms with Gasteiger partial charge in [-0.05, 0) is 31.4 Å². The predicted octanol–water partition coefficient (Wildman–Crippen LogP) is 0.0979. The van der Waals surface area contributed by atoms with Gasteiger partial charge in [0.05, 0.1) is 6.26 Å². The zero-order valence-corrected chi connectivity index (χ0v) is 9.89. The molecule has 18 heavy (non-hydrogen) atoms. The molecule has 0 bridgehead atoms. The lowest BCUT2D eigenvalue weighted by atomic mass is 10.2. The van der Waals surface area contributed by atoms with Gasteiger partial charge in [-0.2, -0.15) is 0 Å².